The Morgan fingerprint density at radius 1 is 0.612 bits per heavy atom. The monoisotopic (exact) mass is 738 g/mol. The quantitative estimate of drug-likeness (QED) is 0.0657. The molecule has 0 aliphatic heterocycles. The van der Waals surface area contributed by atoms with Gasteiger partial charge in [-0.3, -0.25) is 4.55 Å². The first-order valence-corrected chi connectivity index (χ1v) is 18.8. The van der Waals surface area contributed by atoms with Gasteiger partial charge in [0.1, 0.15) is 27.4 Å². The van der Waals surface area contributed by atoms with E-state index in [-0.39, 0.29) is 64.8 Å². The van der Waals surface area contributed by atoms with Gasteiger partial charge in [-0.05, 0) is 91.9 Å². The maximum Gasteiger partial charge on any atom is 2.00 e. The van der Waals surface area contributed by atoms with E-state index in [0.717, 1.165) is 69.1 Å². The van der Waals surface area contributed by atoms with Crippen molar-refractivity contribution in [3.05, 3.63) is 96.1 Å². The molecule has 0 bridgehead atoms. The molecule has 4 aromatic rings. The van der Waals surface area contributed by atoms with Crippen molar-refractivity contribution in [1.29, 1.82) is 0 Å². The van der Waals surface area contributed by atoms with Gasteiger partial charge in [0.15, 0.2) is 11.5 Å². The third kappa shape index (κ3) is 14.1. The van der Waals surface area contributed by atoms with Crippen molar-refractivity contribution in [1.82, 2.24) is 0 Å². The Labute approximate surface area is 319 Å². The van der Waals surface area contributed by atoms with Crippen LogP contribution in [0.5, 0.6) is 34.5 Å². The number of rotatable bonds is 16. The van der Waals surface area contributed by atoms with E-state index in [0.29, 0.717) is 29.2 Å². The fourth-order valence-corrected chi connectivity index (χ4v) is 5.73. The standard InChI is InChI=1S/2C18H22O5S.Ca/c2*1-2-3-4-5-7-14-8-6-9-17(18(14)19)23-15-10-12-16(13-11-15)24(20,21)22;/h2*6,8-13,19H,2-5,7H2,1H3,(H,20,21,22);/q;;+2/p-2. The predicted molar refractivity (Wildman–Crippen MR) is 186 cm³/mol. The Bertz CT molecular complexity index is 1680. The average Bonchev–Trinajstić information content (AvgIpc) is 3.04. The maximum atomic E-state index is 12.4. The van der Waals surface area contributed by atoms with Crippen molar-refractivity contribution >= 4 is 58.0 Å². The van der Waals surface area contributed by atoms with Crippen molar-refractivity contribution in [2.75, 3.05) is 0 Å². The molecular formula is C36H42CaO10S2. The molecule has 0 aliphatic carbocycles. The molecule has 4 rings (SSSR count). The molecule has 0 radical (unpaired) electrons. The van der Waals surface area contributed by atoms with E-state index in [4.69, 9.17) is 14.0 Å². The average molecular weight is 739 g/mol. The zero-order valence-electron chi connectivity index (χ0n) is 27.8. The van der Waals surface area contributed by atoms with Crippen LogP contribution in [0.15, 0.2) is 94.7 Å². The molecular weight excluding hydrogens is 697 g/mol. The molecule has 260 valence electrons. The summed E-state index contributed by atoms with van der Waals surface area (Å²) < 4.78 is 74.9. The van der Waals surface area contributed by atoms with Crippen LogP contribution in [0.3, 0.4) is 0 Å². The zero-order valence-corrected chi connectivity index (χ0v) is 31.7. The van der Waals surface area contributed by atoms with Gasteiger partial charge < -0.3 is 24.2 Å². The number of aromatic hydroxyl groups is 1. The molecule has 0 fully saturated rings. The molecule has 0 saturated carbocycles. The summed E-state index contributed by atoms with van der Waals surface area (Å²) in [7, 11) is -8.72. The summed E-state index contributed by atoms with van der Waals surface area (Å²) in [6.45, 7) is 4.29. The van der Waals surface area contributed by atoms with E-state index in [1.54, 1.807) is 24.3 Å². The van der Waals surface area contributed by atoms with Gasteiger partial charge in [-0.2, -0.15) is 8.42 Å². The summed E-state index contributed by atoms with van der Waals surface area (Å²) in [5, 5.41) is 22.7. The minimum absolute atomic E-state index is 0. The second-order valence-corrected chi connectivity index (χ2v) is 14.0. The number of phenols is 1. The van der Waals surface area contributed by atoms with Crippen molar-refractivity contribution < 1.29 is 45.6 Å². The number of aryl methyl sites for hydroxylation is 2. The van der Waals surface area contributed by atoms with Gasteiger partial charge in [-0.15, -0.1) is 0 Å². The van der Waals surface area contributed by atoms with Crippen LogP contribution >= 0.6 is 0 Å². The Balaban J connectivity index is 0.000000333. The number of hydrogen-bond acceptors (Lipinski definition) is 9. The van der Waals surface area contributed by atoms with Gasteiger partial charge in [0, 0.05) is 0 Å². The number of unbranched alkanes of at least 4 members (excludes halogenated alkanes) is 6. The summed E-state index contributed by atoms with van der Waals surface area (Å²) in [6, 6.07) is 20.9. The van der Waals surface area contributed by atoms with E-state index in [1.807, 2.05) is 12.1 Å². The zero-order chi connectivity index (χ0) is 35.2. The molecule has 4 aromatic carbocycles. The third-order valence-corrected chi connectivity index (χ3v) is 9.15. The summed E-state index contributed by atoms with van der Waals surface area (Å²) >= 11 is 0. The van der Waals surface area contributed by atoms with Crippen LogP contribution in [0.1, 0.15) is 76.3 Å². The van der Waals surface area contributed by atoms with Crippen LogP contribution in [0.4, 0.5) is 0 Å². The number of hydrogen-bond donors (Lipinski definition) is 2. The van der Waals surface area contributed by atoms with Gasteiger partial charge >= 0.3 is 37.7 Å². The molecule has 13 heteroatoms. The second kappa shape index (κ2) is 20.7. The molecule has 0 atom stereocenters. The molecule has 0 amide bonds. The molecule has 0 aromatic heterocycles. The Morgan fingerprint density at radius 2 is 1.06 bits per heavy atom. The minimum Gasteiger partial charge on any atom is -0.870 e. The summed E-state index contributed by atoms with van der Waals surface area (Å²) in [5.74, 6) is 1.15. The molecule has 0 aliphatic rings. The van der Waals surface area contributed by atoms with Gasteiger partial charge in [0.05, 0.1) is 9.79 Å². The van der Waals surface area contributed by atoms with Crippen LogP contribution in [-0.4, -0.2) is 68.8 Å². The summed E-state index contributed by atoms with van der Waals surface area (Å²) in [5.41, 5.74) is 1.54. The number of para-hydroxylation sites is 2. The van der Waals surface area contributed by atoms with Gasteiger partial charge in [-0.1, -0.05) is 88.0 Å². The molecule has 2 N–H and O–H groups in total. The van der Waals surface area contributed by atoms with E-state index < -0.39 is 20.2 Å². The van der Waals surface area contributed by atoms with Crippen LogP contribution in [0.25, 0.3) is 0 Å². The summed E-state index contributed by atoms with van der Waals surface area (Å²) in [6.07, 6.45) is 10.3. The van der Waals surface area contributed by atoms with Crippen molar-refractivity contribution in [2.24, 2.45) is 0 Å². The SMILES string of the molecule is CCCCCCc1cccc(Oc2ccc(S(=O)(=O)O)cc2)c1O.CCCCCCc1cccc(Oc2ccc(S(=O)(=O)[O-])cc2)c1[O-].[Ca+2]. The van der Waals surface area contributed by atoms with Crippen molar-refractivity contribution in [3.63, 3.8) is 0 Å². The fraction of sp³-hybridized carbons (Fsp3) is 0.333. The predicted octanol–water partition coefficient (Wildman–Crippen LogP) is 7.75. The third-order valence-electron chi connectivity index (χ3n) is 7.43. The minimum atomic E-state index is -4.49. The first-order chi connectivity index (χ1) is 22.8. The van der Waals surface area contributed by atoms with Gasteiger partial charge in [0.25, 0.3) is 10.1 Å². The molecule has 49 heavy (non-hydrogen) atoms. The Morgan fingerprint density at radius 3 is 1.55 bits per heavy atom. The smallest absolute Gasteiger partial charge is 0.870 e. The molecule has 0 heterocycles. The summed E-state index contributed by atoms with van der Waals surface area (Å²) in [4.78, 5) is -0.536. The van der Waals surface area contributed by atoms with Crippen LogP contribution in [0.2, 0.25) is 0 Å². The molecule has 0 saturated heterocycles. The number of benzene rings is 4. The number of phenolic OH excluding ortho intramolecular Hbond substituents is 1. The van der Waals surface area contributed by atoms with E-state index in [1.165, 1.54) is 42.8 Å². The molecule has 0 spiro atoms. The number of ether oxygens (including phenoxy) is 2. The maximum absolute atomic E-state index is 12.4. The van der Waals surface area contributed by atoms with Gasteiger partial charge in [0.2, 0.25) is 0 Å². The topological polar surface area (TPSA) is 173 Å². The van der Waals surface area contributed by atoms with Crippen molar-refractivity contribution in [2.45, 2.75) is 87.8 Å². The first-order valence-electron chi connectivity index (χ1n) is 15.9. The van der Waals surface area contributed by atoms with E-state index in [9.17, 15) is 31.6 Å². The largest absolute Gasteiger partial charge is 2.00 e. The second-order valence-electron chi connectivity index (χ2n) is 11.2. The van der Waals surface area contributed by atoms with Gasteiger partial charge in [-0.25, -0.2) is 8.42 Å². The Hall–Kier alpha value is -2.84. The first kappa shape index (κ1) is 42.3. The van der Waals surface area contributed by atoms with E-state index in [2.05, 4.69) is 13.8 Å². The normalized spacial score (nSPS) is 11.2. The van der Waals surface area contributed by atoms with Crippen molar-refractivity contribution in [3.8, 4) is 34.5 Å². The molecule has 0 unspecified atom stereocenters. The van der Waals surface area contributed by atoms with E-state index >= 15 is 0 Å². The van der Waals surface area contributed by atoms with Crippen LogP contribution < -0.4 is 14.6 Å². The van der Waals surface area contributed by atoms with Crippen LogP contribution in [-0.2, 0) is 33.1 Å². The molecule has 10 nitrogen and oxygen atoms in total. The van der Waals surface area contributed by atoms with Crippen LogP contribution in [0, 0.1) is 0 Å². The Kier molecular flexibility index (Phi) is 17.9. The fourth-order valence-electron chi connectivity index (χ4n) is 4.78.